The molecule has 0 aromatic heterocycles. The summed E-state index contributed by atoms with van der Waals surface area (Å²) in [6, 6.07) is 7.62. The quantitative estimate of drug-likeness (QED) is 0.855. The minimum atomic E-state index is 0.00842. The van der Waals surface area contributed by atoms with E-state index in [4.69, 9.17) is 4.74 Å². The largest absolute Gasteiger partial charge is 0.381 e. The second-order valence-corrected chi connectivity index (χ2v) is 5.55. The maximum absolute atomic E-state index is 11.9. The van der Waals surface area contributed by atoms with Crippen molar-refractivity contribution in [1.29, 1.82) is 0 Å². The predicted molar refractivity (Wildman–Crippen MR) is 75.0 cm³/mol. The summed E-state index contributed by atoms with van der Waals surface area (Å²) >= 11 is 2.21. The number of ether oxygens (including phenoxy) is 1. The van der Waals surface area contributed by atoms with Crippen LogP contribution >= 0.6 is 22.6 Å². The summed E-state index contributed by atoms with van der Waals surface area (Å²) in [4.78, 5) is 11.9. The first-order valence-corrected chi connectivity index (χ1v) is 6.95. The summed E-state index contributed by atoms with van der Waals surface area (Å²) in [7, 11) is 0. The molecule has 2 rings (SSSR count). The van der Waals surface area contributed by atoms with E-state index < -0.39 is 0 Å². The van der Waals surface area contributed by atoms with E-state index in [2.05, 4.69) is 27.9 Å². The van der Waals surface area contributed by atoms with Crippen molar-refractivity contribution in [3.8, 4) is 0 Å². The molecule has 3 nitrogen and oxygen atoms in total. The van der Waals surface area contributed by atoms with Crippen molar-refractivity contribution in [2.24, 2.45) is 5.92 Å². The van der Waals surface area contributed by atoms with E-state index >= 15 is 0 Å². The molecule has 1 aromatic carbocycles. The zero-order valence-corrected chi connectivity index (χ0v) is 11.8. The van der Waals surface area contributed by atoms with Crippen LogP contribution in [0, 0.1) is 9.49 Å². The lowest BCUT2D eigenvalue weighted by Crippen LogP contribution is -2.33. The third-order valence-electron chi connectivity index (χ3n) is 2.89. The molecule has 1 aromatic rings. The number of carbonyl (C=O) groups excluding carboxylic acids is 1. The minimum Gasteiger partial charge on any atom is -0.381 e. The van der Waals surface area contributed by atoms with Crippen LogP contribution in [0.25, 0.3) is 0 Å². The Labute approximate surface area is 115 Å². The Hall–Kier alpha value is -0.620. The van der Waals surface area contributed by atoms with Gasteiger partial charge in [0.1, 0.15) is 0 Å². The molecule has 1 N–H and O–H groups in total. The number of rotatable bonds is 3. The molecule has 1 aliphatic heterocycles. The molecular weight excluding hydrogens is 329 g/mol. The van der Waals surface area contributed by atoms with Gasteiger partial charge in [-0.15, -0.1) is 0 Å². The van der Waals surface area contributed by atoms with Gasteiger partial charge in [-0.2, -0.15) is 0 Å². The number of amides is 1. The molecule has 0 spiro atoms. The van der Waals surface area contributed by atoms with Crippen LogP contribution in [0.5, 0.6) is 0 Å². The lowest BCUT2D eigenvalue weighted by molar-refractivity contribution is 0.0536. The highest BCUT2D eigenvalue weighted by molar-refractivity contribution is 14.1. The van der Waals surface area contributed by atoms with Crippen molar-refractivity contribution < 1.29 is 9.53 Å². The summed E-state index contributed by atoms with van der Waals surface area (Å²) in [5.74, 6) is 0.476. The van der Waals surface area contributed by atoms with Crippen LogP contribution in [-0.2, 0) is 4.74 Å². The Balaban J connectivity index is 1.84. The van der Waals surface area contributed by atoms with Gasteiger partial charge in [0.2, 0.25) is 0 Å². The number of nitrogens with one attached hydrogen (secondary N) is 1. The maximum atomic E-state index is 11.9. The topological polar surface area (TPSA) is 38.3 Å². The van der Waals surface area contributed by atoms with Crippen LogP contribution in [0.3, 0.4) is 0 Å². The summed E-state index contributed by atoms with van der Waals surface area (Å²) in [5, 5.41) is 2.97. The smallest absolute Gasteiger partial charge is 0.251 e. The number of hydrogen-bond acceptors (Lipinski definition) is 2. The van der Waals surface area contributed by atoms with Gasteiger partial charge >= 0.3 is 0 Å². The first-order valence-electron chi connectivity index (χ1n) is 5.87. The standard InChI is InChI=1S/C13H16INO2/c14-12-5-1-4-11(7-12)13(16)15-8-10-3-2-6-17-9-10/h1,4-5,7,10H,2-3,6,8-9H2,(H,15,16). The lowest BCUT2D eigenvalue weighted by atomic mass is 10.0. The molecule has 0 bridgehead atoms. The zero-order valence-electron chi connectivity index (χ0n) is 9.62. The van der Waals surface area contributed by atoms with Crippen LogP contribution in [-0.4, -0.2) is 25.7 Å². The Morgan fingerprint density at radius 2 is 2.41 bits per heavy atom. The summed E-state index contributed by atoms with van der Waals surface area (Å²) in [6.45, 7) is 2.35. The molecule has 0 aliphatic carbocycles. The van der Waals surface area contributed by atoms with Crippen molar-refractivity contribution in [3.05, 3.63) is 33.4 Å². The van der Waals surface area contributed by atoms with E-state index in [-0.39, 0.29) is 5.91 Å². The van der Waals surface area contributed by atoms with Gasteiger partial charge in [0.25, 0.3) is 5.91 Å². The Bertz CT molecular complexity index is 389. The minimum absolute atomic E-state index is 0.00842. The van der Waals surface area contributed by atoms with Crippen LogP contribution in [0.15, 0.2) is 24.3 Å². The molecule has 4 heteroatoms. The van der Waals surface area contributed by atoms with Crippen molar-refractivity contribution in [3.63, 3.8) is 0 Å². The van der Waals surface area contributed by atoms with E-state index in [1.54, 1.807) is 0 Å². The van der Waals surface area contributed by atoms with Gasteiger partial charge in [-0.1, -0.05) is 6.07 Å². The van der Waals surface area contributed by atoms with Gasteiger partial charge in [-0.25, -0.2) is 0 Å². The SMILES string of the molecule is O=C(NCC1CCCOC1)c1cccc(I)c1. The Kier molecular flexibility index (Phi) is 4.79. The lowest BCUT2D eigenvalue weighted by Gasteiger charge is -2.22. The van der Waals surface area contributed by atoms with Gasteiger partial charge in [-0.05, 0) is 59.5 Å². The van der Waals surface area contributed by atoms with Gasteiger partial charge in [0.15, 0.2) is 0 Å². The monoisotopic (exact) mass is 345 g/mol. The summed E-state index contributed by atoms with van der Waals surface area (Å²) in [5.41, 5.74) is 0.730. The fraction of sp³-hybridized carbons (Fsp3) is 0.462. The fourth-order valence-electron chi connectivity index (χ4n) is 1.94. The van der Waals surface area contributed by atoms with Crippen molar-refractivity contribution in [2.75, 3.05) is 19.8 Å². The van der Waals surface area contributed by atoms with Gasteiger partial charge in [0.05, 0.1) is 6.61 Å². The molecule has 1 aliphatic rings. The van der Waals surface area contributed by atoms with Crippen LogP contribution in [0.4, 0.5) is 0 Å². The number of benzene rings is 1. The molecule has 17 heavy (non-hydrogen) atoms. The third-order valence-corrected chi connectivity index (χ3v) is 3.56. The number of carbonyl (C=O) groups is 1. The molecule has 1 unspecified atom stereocenters. The highest BCUT2D eigenvalue weighted by atomic mass is 127. The van der Waals surface area contributed by atoms with E-state index in [1.165, 1.54) is 0 Å². The highest BCUT2D eigenvalue weighted by Crippen LogP contribution is 2.13. The van der Waals surface area contributed by atoms with Crippen LogP contribution < -0.4 is 5.32 Å². The second-order valence-electron chi connectivity index (χ2n) is 4.30. The molecule has 1 atom stereocenters. The normalized spacial score (nSPS) is 19.9. The Morgan fingerprint density at radius 3 is 3.12 bits per heavy atom. The van der Waals surface area contributed by atoms with E-state index in [0.29, 0.717) is 12.5 Å². The van der Waals surface area contributed by atoms with Crippen LogP contribution in [0.1, 0.15) is 23.2 Å². The molecule has 1 heterocycles. The molecule has 1 saturated heterocycles. The zero-order chi connectivity index (χ0) is 12.1. The summed E-state index contributed by atoms with van der Waals surface area (Å²) < 4.78 is 6.47. The van der Waals surface area contributed by atoms with Crippen LogP contribution in [0.2, 0.25) is 0 Å². The van der Waals surface area contributed by atoms with E-state index in [9.17, 15) is 4.79 Å². The summed E-state index contributed by atoms with van der Waals surface area (Å²) in [6.07, 6.45) is 2.25. The molecule has 92 valence electrons. The highest BCUT2D eigenvalue weighted by Gasteiger charge is 2.15. The molecular formula is C13H16INO2. The first kappa shape index (κ1) is 12.8. The van der Waals surface area contributed by atoms with Crippen molar-refractivity contribution in [2.45, 2.75) is 12.8 Å². The third kappa shape index (κ3) is 3.96. The average Bonchev–Trinajstić information content (AvgIpc) is 2.37. The maximum Gasteiger partial charge on any atom is 0.251 e. The van der Waals surface area contributed by atoms with Gasteiger partial charge in [0, 0.05) is 22.3 Å². The average molecular weight is 345 g/mol. The van der Waals surface area contributed by atoms with E-state index in [0.717, 1.165) is 35.2 Å². The molecule has 1 fully saturated rings. The number of halogens is 1. The van der Waals surface area contributed by atoms with Crippen molar-refractivity contribution >= 4 is 28.5 Å². The first-order chi connectivity index (χ1) is 8.25. The van der Waals surface area contributed by atoms with Crippen molar-refractivity contribution in [1.82, 2.24) is 5.32 Å². The van der Waals surface area contributed by atoms with Gasteiger partial charge < -0.3 is 10.1 Å². The second kappa shape index (κ2) is 6.35. The van der Waals surface area contributed by atoms with Gasteiger partial charge in [-0.3, -0.25) is 4.79 Å². The molecule has 0 radical (unpaired) electrons. The molecule has 1 amide bonds. The number of hydrogen-bond donors (Lipinski definition) is 1. The molecule has 0 saturated carbocycles. The fourth-order valence-corrected chi connectivity index (χ4v) is 2.48. The van der Waals surface area contributed by atoms with E-state index in [1.807, 2.05) is 24.3 Å². The predicted octanol–water partition coefficient (Wildman–Crippen LogP) is 2.45. The Morgan fingerprint density at radius 1 is 1.53 bits per heavy atom.